The van der Waals surface area contributed by atoms with Gasteiger partial charge in [0.25, 0.3) is 0 Å². The molecule has 0 saturated heterocycles. The molecule has 0 aromatic rings. The first-order chi connectivity index (χ1) is 5.67. The van der Waals surface area contributed by atoms with Crippen molar-refractivity contribution >= 4 is 17.5 Å². The zero-order valence-corrected chi connectivity index (χ0v) is 7.29. The Balaban J connectivity index is 4.55. The van der Waals surface area contributed by atoms with Gasteiger partial charge in [-0.1, -0.05) is 12.1 Å². The Hall–Kier alpha value is -1.39. The van der Waals surface area contributed by atoms with Gasteiger partial charge in [0.05, 0.1) is 7.11 Å². The third-order valence-corrected chi connectivity index (χ3v) is 1.15. The first kappa shape index (κ1) is 10.6. The van der Waals surface area contributed by atoms with Crippen LogP contribution in [-0.4, -0.2) is 31.7 Å². The van der Waals surface area contributed by atoms with Gasteiger partial charge in [0, 0.05) is 6.42 Å². The summed E-state index contributed by atoms with van der Waals surface area (Å²) in [5.74, 6) is -1.17. The summed E-state index contributed by atoms with van der Waals surface area (Å²) in [6.07, 6.45) is 0.192. The lowest BCUT2D eigenvalue weighted by Crippen LogP contribution is -2.25. The fourth-order valence-electron chi connectivity index (χ4n) is 0.557. The van der Waals surface area contributed by atoms with Gasteiger partial charge in [-0.25, -0.2) is 4.79 Å². The van der Waals surface area contributed by atoms with E-state index in [1.54, 1.807) is 6.92 Å². The number of nitrogens with zero attached hydrogens (tertiary/aromatic N) is 1. The largest absolute Gasteiger partial charge is 0.464 e. The third-order valence-electron chi connectivity index (χ3n) is 1.15. The van der Waals surface area contributed by atoms with Gasteiger partial charge in [-0.15, -0.1) is 0 Å². The van der Waals surface area contributed by atoms with Crippen LogP contribution in [0.3, 0.4) is 0 Å². The maximum Gasteiger partial charge on any atom is 0.363 e. The molecule has 0 aromatic carbocycles. The van der Waals surface area contributed by atoms with E-state index in [1.165, 1.54) is 14.2 Å². The molecule has 0 amide bonds. The lowest BCUT2D eigenvalue weighted by atomic mass is 10.2. The van der Waals surface area contributed by atoms with Crippen LogP contribution in [0.5, 0.6) is 0 Å². The number of ether oxygens (including phenoxy) is 1. The molecule has 0 unspecified atom stereocenters. The van der Waals surface area contributed by atoms with Crippen molar-refractivity contribution in [3.8, 4) is 0 Å². The van der Waals surface area contributed by atoms with Gasteiger partial charge < -0.3 is 9.57 Å². The lowest BCUT2D eigenvalue weighted by Gasteiger charge is -1.99. The van der Waals surface area contributed by atoms with Gasteiger partial charge in [0.15, 0.2) is 5.78 Å². The summed E-state index contributed by atoms with van der Waals surface area (Å²) < 4.78 is 4.32. The molecule has 0 saturated carbocycles. The first-order valence-corrected chi connectivity index (χ1v) is 3.40. The monoisotopic (exact) mass is 173 g/mol. The number of Topliss-reactive ketones (excluding diaryl/α,β-unsaturated/α-hetero) is 1. The maximum atomic E-state index is 11.0. The molecule has 0 radical (unpaired) electrons. The number of methoxy groups -OCH3 is 1. The van der Waals surface area contributed by atoms with E-state index < -0.39 is 11.8 Å². The summed E-state index contributed by atoms with van der Waals surface area (Å²) in [7, 11) is 2.43. The number of ketones is 1. The highest BCUT2D eigenvalue weighted by molar-refractivity contribution is 6.64. The van der Waals surface area contributed by atoms with E-state index in [0.29, 0.717) is 0 Å². The van der Waals surface area contributed by atoms with Crippen molar-refractivity contribution < 1.29 is 19.2 Å². The molecule has 0 heterocycles. The molecule has 0 atom stereocenters. The van der Waals surface area contributed by atoms with E-state index in [4.69, 9.17) is 0 Å². The van der Waals surface area contributed by atoms with Crippen molar-refractivity contribution in [1.29, 1.82) is 0 Å². The summed E-state index contributed by atoms with van der Waals surface area (Å²) in [4.78, 5) is 26.2. The molecule has 0 N–H and O–H groups in total. The first-order valence-electron chi connectivity index (χ1n) is 3.40. The van der Waals surface area contributed by atoms with Gasteiger partial charge in [0.2, 0.25) is 5.71 Å². The molecule has 0 aliphatic carbocycles. The van der Waals surface area contributed by atoms with Crippen LogP contribution in [0, 0.1) is 0 Å². The molecule has 0 spiro atoms. The summed E-state index contributed by atoms with van der Waals surface area (Å²) in [5.41, 5.74) is -0.303. The maximum absolute atomic E-state index is 11.0. The van der Waals surface area contributed by atoms with Crippen LogP contribution in [0.1, 0.15) is 13.3 Å². The molecule has 0 bridgehead atoms. The molecular weight excluding hydrogens is 162 g/mol. The van der Waals surface area contributed by atoms with Crippen molar-refractivity contribution in [1.82, 2.24) is 0 Å². The second-order valence-corrected chi connectivity index (χ2v) is 1.89. The standard InChI is InChI=1S/C7H11NO4/c1-4-5(9)6(8-12-3)7(10)11-2/h4H2,1-3H3. The Morgan fingerprint density at radius 1 is 1.33 bits per heavy atom. The van der Waals surface area contributed by atoms with Crippen molar-refractivity contribution in [2.75, 3.05) is 14.2 Å². The predicted molar refractivity (Wildman–Crippen MR) is 41.8 cm³/mol. The molecule has 12 heavy (non-hydrogen) atoms. The smallest absolute Gasteiger partial charge is 0.363 e. The minimum Gasteiger partial charge on any atom is -0.464 e. The average Bonchev–Trinajstić information content (AvgIpc) is 2.11. The number of esters is 1. The predicted octanol–water partition coefficient (Wildman–Crippen LogP) is 0.141. The van der Waals surface area contributed by atoms with E-state index in [9.17, 15) is 9.59 Å². The number of oxime groups is 1. The SMILES string of the molecule is CCC(=O)C(=NOC)C(=O)OC. The minimum absolute atomic E-state index is 0.192. The highest BCUT2D eigenvalue weighted by Crippen LogP contribution is 1.91. The van der Waals surface area contributed by atoms with Gasteiger partial charge >= 0.3 is 5.97 Å². The highest BCUT2D eigenvalue weighted by atomic mass is 16.6. The van der Waals surface area contributed by atoms with Crippen LogP contribution < -0.4 is 0 Å². The topological polar surface area (TPSA) is 65.0 Å². The Morgan fingerprint density at radius 2 is 1.92 bits per heavy atom. The van der Waals surface area contributed by atoms with Crippen LogP contribution in [-0.2, 0) is 19.2 Å². The zero-order chi connectivity index (χ0) is 9.56. The third kappa shape index (κ3) is 2.69. The Kier molecular flexibility index (Phi) is 4.67. The summed E-state index contributed by atoms with van der Waals surface area (Å²) in [5, 5.41) is 3.26. The minimum atomic E-state index is -0.774. The fourth-order valence-corrected chi connectivity index (χ4v) is 0.557. The van der Waals surface area contributed by atoms with Gasteiger partial charge in [-0.2, -0.15) is 0 Å². The van der Waals surface area contributed by atoms with Crippen LogP contribution >= 0.6 is 0 Å². The van der Waals surface area contributed by atoms with Crippen LogP contribution in [0.25, 0.3) is 0 Å². The van der Waals surface area contributed by atoms with Gasteiger partial charge in [0.1, 0.15) is 7.11 Å². The highest BCUT2D eigenvalue weighted by Gasteiger charge is 2.19. The number of hydrogen-bond donors (Lipinski definition) is 0. The Morgan fingerprint density at radius 3 is 2.25 bits per heavy atom. The van der Waals surface area contributed by atoms with Crippen LogP contribution in [0.4, 0.5) is 0 Å². The van der Waals surface area contributed by atoms with Crippen LogP contribution in [0.2, 0.25) is 0 Å². The molecule has 0 aliphatic rings. The van der Waals surface area contributed by atoms with Crippen molar-refractivity contribution in [2.24, 2.45) is 5.16 Å². The van der Waals surface area contributed by atoms with Gasteiger partial charge in [-0.3, -0.25) is 4.79 Å². The van der Waals surface area contributed by atoms with Gasteiger partial charge in [-0.05, 0) is 0 Å². The Labute approximate surface area is 70.3 Å². The van der Waals surface area contributed by atoms with E-state index >= 15 is 0 Å². The molecule has 0 rings (SSSR count). The van der Waals surface area contributed by atoms with Crippen molar-refractivity contribution in [3.05, 3.63) is 0 Å². The second kappa shape index (κ2) is 5.29. The normalized spacial score (nSPS) is 10.8. The summed E-state index contributed by atoms with van der Waals surface area (Å²) in [6.45, 7) is 1.62. The Bertz CT molecular complexity index is 191. The number of carbonyl (C=O) groups excluding carboxylic acids is 2. The van der Waals surface area contributed by atoms with E-state index in [1.807, 2.05) is 0 Å². The molecule has 0 aromatic heterocycles. The molecule has 0 fully saturated rings. The van der Waals surface area contributed by atoms with E-state index in [2.05, 4.69) is 14.7 Å². The second-order valence-electron chi connectivity index (χ2n) is 1.89. The summed E-state index contributed by atoms with van der Waals surface area (Å²) >= 11 is 0. The molecule has 0 aliphatic heterocycles. The lowest BCUT2D eigenvalue weighted by molar-refractivity contribution is -0.133. The van der Waals surface area contributed by atoms with Crippen LogP contribution in [0.15, 0.2) is 5.16 Å². The molecule has 5 heteroatoms. The summed E-state index contributed by atoms with van der Waals surface area (Å²) in [6, 6.07) is 0. The quantitative estimate of drug-likeness (QED) is 0.262. The number of hydrogen-bond acceptors (Lipinski definition) is 5. The van der Waals surface area contributed by atoms with E-state index in [-0.39, 0.29) is 12.1 Å². The molecule has 68 valence electrons. The average molecular weight is 173 g/mol. The van der Waals surface area contributed by atoms with Crippen molar-refractivity contribution in [2.45, 2.75) is 13.3 Å². The zero-order valence-electron chi connectivity index (χ0n) is 7.29. The fraction of sp³-hybridized carbons (Fsp3) is 0.571. The number of rotatable bonds is 4. The van der Waals surface area contributed by atoms with E-state index in [0.717, 1.165) is 0 Å². The van der Waals surface area contributed by atoms with Crippen molar-refractivity contribution in [3.63, 3.8) is 0 Å². The molecule has 5 nitrogen and oxygen atoms in total. The number of carbonyl (C=O) groups is 2. The molecular formula is C7H11NO4.